The molecule has 0 unspecified atom stereocenters. The number of sulfonamides is 1. The predicted octanol–water partition coefficient (Wildman–Crippen LogP) is 6.01. The van der Waals surface area contributed by atoms with Crippen molar-refractivity contribution < 1.29 is 17.6 Å². The van der Waals surface area contributed by atoms with E-state index in [1.165, 1.54) is 16.4 Å². The Morgan fingerprint density at radius 3 is 2.31 bits per heavy atom. The Labute approximate surface area is 233 Å². The predicted molar refractivity (Wildman–Crippen MR) is 154 cm³/mol. The Hall–Kier alpha value is -3.62. The summed E-state index contributed by atoms with van der Waals surface area (Å²) in [7, 11) is -3.79. The van der Waals surface area contributed by atoms with Gasteiger partial charge in [0.15, 0.2) is 0 Å². The number of halogens is 2. The first-order valence-corrected chi connectivity index (χ1v) is 14.7. The van der Waals surface area contributed by atoms with Gasteiger partial charge in [0.2, 0.25) is 0 Å². The summed E-state index contributed by atoms with van der Waals surface area (Å²) in [5, 5.41) is 0.577. The van der Waals surface area contributed by atoms with Crippen LogP contribution in [0.4, 0.5) is 15.8 Å². The lowest BCUT2D eigenvalue weighted by molar-refractivity contribution is 0.0746. The highest BCUT2D eigenvalue weighted by atomic mass is 35.5. The molecular formula is C30H29ClFN3O3S. The van der Waals surface area contributed by atoms with Crippen LogP contribution in [0.2, 0.25) is 5.02 Å². The van der Waals surface area contributed by atoms with E-state index >= 15 is 0 Å². The Morgan fingerprint density at radius 2 is 1.67 bits per heavy atom. The van der Waals surface area contributed by atoms with E-state index in [4.69, 9.17) is 11.6 Å². The minimum Gasteiger partial charge on any atom is -0.368 e. The van der Waals surface area contributed by atoms with Crippen molar-refractivity contribution in [2.24, 2.45) is 0 Å². The second-order valence-electron chi connectivity index (χ2n) is 9.54. The molecule has 0 bridgehead atoms. The molecule has 0 spiro atoms. The highest BCUT2D eigenvalue weighted by Crippen LogP contribution is 2.30. The molecule has 0 radical (unpaired) electrons. The van der Waals surface area contributed by atoms with Gasteiger partial charge in [0, 0.05) is 42.5 Å². The lowest BCUT2D eigenvalue weighted by Gasteiger charge is -2.36. The van der Waals surface area contributed by atoms with E-state index in [1.807, 2.05) is 12.1 Å². The smallest absolute Gasteiger partial charge is 0.260 e. The van der Waals surface area contributed by atoms with Crippen LogP contribution in [0.5, 0.6) is 0 Å². The molecule has 1 aliphatic carbocycles. The van der Waals surface area contributed by atoms with Crippen LogP contribution in [-0.2, 0) is 16.6 Å². The zero-order valence-corrected chi connectivity index (χ0v) is 22.9. The number of carbonyl (C=O) groups excluding carboxylic acids is 1. The monoisotopic (exact) mass is 565 g/mol. The van der Waals surface area contributed by atoms with Crippen LogP contribution >= 0.6 is 11.6 Å². The van der Waals surface area contributed by atoms with Gasteiger partial charge in [-0.15, -0.1) is 0 Å². The lowest BCUT2D eigenvalue weighted by atomic mass is 10.1. The summed E-state index contributed by atoms with van der Waals surface area (Å²) in [6.45, 7) is 2.36. The van der Waals surface area contributed by atoms with E-state index in [0.717, 1.165) is 11.3 Å². The molecular weight excluding hydrogens is 537 g/mol. The van der Waals surface area contributed by atoms with Gasteiger partial charge in [-0.05, 0) is 79.1 Å². The summed E-state index contributed by atoms with van der Waals surface area (Å²) >= 11 is 6.03. The van der Waals surface area contributed by atoms with Crippen molar-refractivity contribution in [1.29, 1.82) is 0 Å². The molecule has 6 nitrogen and oxygen atoms in total. The zero-order chi connectivity index (χ0) is 27.4. The number of amides is 1. The van der Waals surface area contributed by atoms with Crippen molar-refractivity contribution in [3.05, 3.63) is 118 Å². The summed E-state index contributed by atoms with van der Waals surface area (Å²) in [5.74, 6) is -0.401. The van der Waals surface area contributed by atoms with E-state index < -0.39 is 10.0 Å². The average molecular weight is 566 g/mol. The highest BCUT2D eigenvalue weighted by Gasteiger charge is 2.28. The molecule has 0 saturated carbocycles. The van der Waals surface area contributed by atoms with Gasteiger partial charge in [-0.1, -0.05) is 42.0 Å². The molecule has 1 heterocycles. The fourth-order valence-corrected chi connectivity index (χ4v) is 6.55. The Bertz CT molecular complexity index is 1500. The number of allylic oxidation sites excluding steroid dienone is 4. The van der Waals surface area contributed by atoms with Crippen molar-refractivity contribution in [2.75, 3.05) is 35.4 Å². The van der Waals surface area contributed by atoms with Crippen LogP contribution in [-0.4, -0.2) is 45.4 Å². The van der Waals surface area contributed by atoms with Crippen LogP contribution < -0.4 is 9.21 Å². The van der Waals surface area contributed by atoms with Gasteiger partial charge >= 0.3 is 0 Å². The van der Waals surface area contributed by atoms with E-state index in [0.29, 0.717) is 60.2 Å². The number of piperazine rings is 1. The van der Waals surface area contributed by atoms with Gasteiger partial charge < -0.3 is 9.80 Å². The van der Waals surface area contributed by atoms with E-state index in [2.05, 4.69) is 4.90 Å². The van der Waals surface area contributed by atoms with E-state index in [1.54, 1.807) is 71.6 Å². The third kappa shape index (κ3) is 6.18. The molecule has 0 atom stereocenters. The fraction of sp³-hybridized carbons (Fsp3) is 0.233. The molecule has 2 aliphatic rings. The maximum absolute atomic E-state index is 13.7. The van der Waals surface area contributed by atoms with Crippen molar-refractivity contribution >= 4 is 38.9 Å². The van der Waals surface area contributed by atoms with Crippen molar-refractivity contribution in [2.45, 2.75) is 19.4 Å². The molecule has 1 fully saturated rings. The van der Waals surface area contributed by atoms with Gasteiger partial charge in [0.1, 0.15) is 5.82 Å². The van der Waals surface area contributed by atoms with E-state index in [9.17, 15) is 17.6 Å². The fourth-order valence-electron chi connectivity index (χ4n) is 4.80. The summed E-state index contributed by atoms with van der Waals surface area (Å²) in [6.07, 6.45) is 6.47. The molecule has 0 N–H and O–H groups in total. The van der Waals surface area contributed by atoms with Gasteiger partial charge in [0.05, 0.1) is 17.1 Å². The minimum atomic E-state index is -3.79. The van der Waals surface area contributed by atoms with Crippen LogP contribution in [0.3, 0.4) is 0 Å². The average Bonchev–Trinajstić information content (AvgIpc) is 2.97. The summed E-state index contributed by atoms with van der Waals surface area (Å²) in [6, 6.07) is 20.3. The Kier molecular flexibility index (Phi) is 8.04. The zero-order valence-electron chi connectivity index (χ0n) is 21.3. The quantitative estimate of drug-likeness (QED) is 0.352. The molecule has 1 saturated heterocycles. The van der Waals surface area contributed by atoms with Crippen molar-refractivity contribution in [3.63, 3.8) is 0 Å². The van der Waals surface area contributed by atoms with Crippen molar-refractivity contribution in [3.8, 4) is 0 Å². The van der Waals surface area contributed by atoms with Crippen molar-refractivity contribution in [1.82, 2.24) is 4.90 Å². The van der Waals surface area contributed by atoms with E-state index in [-0.39, 0.29) is 18.3 Å². The first-order chi connectivity index (χ1) is 18.8. The minimum absolute atomic E-state index is 0.118. The van der Waals surface area contributed by atoms with Crippen LogP contribution in [0, 0.1) is 5.82 Å². The number of rotatable bonds is 7. The summed E-state index contributed by atoms with van der Waals surface area (Å²) < 4.78 is 42.4. The highest BCUT2D eigenvalue weighted by molar-refractivity contribution is 7.96. The van der Waals surface area contributed by atoms with Gasteiger partial charge in [-0.3, -0.25) is 9.10 Å². The number of hydrogen-bond donors (Lipinski definition) is 0. The molecule has 202 valence electrons. The van der Waals surface area contributed by atoms with Gasteiger partial charge in [-0.25, -0.2) is 12.8 Å². The topological polar surface area (TPSA) is 60.9 Å². The summed E-state index contributed by atoms with van der Waals surface area (Å²) in [4.78, 5) is 17.4. The molecule has 0 aromatic heterocycles. The lowest BCUT2D eigenvalue weighted by Crippen LogP contribution is -2.48. The van der Waals surface area contributed by atoms with Gasteiger partial charge in [0.25, 0.3) is 15.9 Å². The molecule has 9 heteroatoms. The molecule has 5 rings (SSSR count). The second kappa shape index (κ2) is 11.6. The first-order valence-electron chi connectivity index (χ1n) is 12.8. The molecule has 3 aromatic rings. The maximum atomic E-state index is 13.7. The third-order valence-corrected chi connectivity index (χ3v) is 9.15. The number of benzene rings is 3. The normalized spacial score (nSPS) is 15.7. The van der Waals surface area contributed by atoms with Crippen LogP contribution in [0.1, 0.15) is 28.8 Å². The van der Waals surface area contributed by atoms with Crippen LogP contribution in [0.25, 0.3) is 0 Å². The molecule has 39 heavy (non-hydrogen) atoms. The SMILES string of the molecule is O=C(c1ccc(N(Cc2ccc(Cl)cc2)S(=O)(=O)C2=CC=CCC2)cc1)N1CCN(c2cccc(F)c2)CC1. The maximum Gasteiger partial charge on any atom is 0.260 e. The first kappa shape index (κ1) is 27.0. The second-order valence-corrected chi connectivity index (χ2v) is 11.9. The van der Waals surface area contributed by atoms with Crippen LogP contribution in [0.15, 0.2) is 95.9 Å². The number of hydrogen-bond acceptors (Lipinski definition) is 4. The molecule has 1 aliphatic heterocycles. The number of anilines is 2. The Morgan fingerprint density at radius 1 is 0.949 bits per heavy atom. The largest absolute Gasteiger partial charge is 0.368 e. The molecule has 1 amide bonds. The Balaban J connectivity index is 1.33. The number of carbonyl (C=O) groups is 1. The van der Waals surface area contributed by atoms with Gasteiger partial charge in [-0.2, -0.15) is 0 Å². The summed E-state index contributed by atoms with van der Waals surface area (Å²) in [5.41, 5.74) is 2.57. The number of nitrogens with zero attached hydrogens (tertiary/aromatic N) is 3. The standard InChI is InChI=1S/C30H29ClFN3O3S/c31-25-13-9-23(10-14-25)22-35(39(37,38)29-7-2-1-3-8-29)27-15-11-24(12-16-27)30(36)34-19-17-33(18-20-34)28-6-4-5-26(32)21-28/h1-2,4-7,9-16,21H,3,8,17-20,22H2. The third-order valence-electron chi connectivity index (χ3n) is 6.98. The molecule has 3 aromatic carbocycles.